The van der Waals surface area contributed by atoms with Crippen LogP contribution >= 0.6 is 0 Å². The lowest BCUT2D eigenvalue weighted by Crippen LogP contribution is -2.23. The van der Waals surface area contributed by atoms with Crippen molar-refractivity contribution in [3.63, 3.8) is 0 Å². The maximum Gasteiger partial charge on any atom is 0.163 e. The second kappa shape index (κ2) is 3.77. The van der Waals surface area contributed by atoms with Gasteiger partial charge in [-0.25, -0.2) is 8.78 Å². The Morgan fingerprint density at radius 1 is 1.11 bits per heavy atom. The van der Waals surface area contributed by atoms with Gasteiger partial charge in [0.05, 0.1) is 0 Å². The molecule has 3 fully saturated rings. The highest BCUT2D eigenvalue weighted by Crippen LogP contribution is 2.65. The van der Waals surface area contributed by atoms with Crippen LogP contribution in [-0.2, 0) is 6.54 Å². The van der Waals surface area contributed by atoms with Gasteiger partial charge in [0, 0.05) is 18.2 Å². The minimum Gasteiger partial charge on any atom is -0.309 e. The van der Waals surface area contributed by atoms with Crippen molar-refractivity contribution < 1.29 is 8.78 Å². The molecule has 1 aromatic carbocycles. The quantitative estimate of drug-likeness (QED) is 0.868. The van der Waals surface area contributed by atoms with Gasteiger partial charge in [0.2, 0.25) is 0 Å². The van der Waals surface area contributed by atoms with E-state index in [-0.39, 0.29) is 0 Å². The third kappa shape index (κ3) is 1.46. The predicted octanol–water partition coefficient (Wildman–Crippen LogP) is 3.10. The molecule has 96 valence electrons. The maximum atomic E-state index is 13.5. The Morgan fingerprint density at radius 2 is 1.83 bits per heavy atom. The number of halogens is 2. The normalized spacial score (nSPS) is 40.0. The largest absolute Gasteiger partial charge is 0.309 e. The first kappa shape index (κ1) is 10.9. The molecule has 4 atom stereocenters. The molecule has 1 N–H and O–H groups in total. The first-order valence-electron chi connectivity index (χ1n) is 6.92. The smallest absolute Gasteiger partial charge is 0.163 e. The van der Waals surface area contributed by atoms with Crippen molar-refractivity contribution in [3.05, 3.63) is 35.4 Å². The summed E-state index contributed by atoms with van der Waals surface area (Å²) in [6.07, 6.45) is 4.19. The lowest BCUT2D eigenvalue weighted by Gasteiger charge is -2.11. The molecule has 3 aliphatic rings. The molecular weight excluding hydrogens is 232 g/mol. The lowest BCUT2D eigenvalue weighted by atomic mass is 10.0. The summed E-state index contributed by atoms with van der Waals surface area (Å²) < 4.78 is 26.6. The summed E-state index contributed by atoms with van der Waals surface area (Å²) in [5.41, 5.74) is 0.451. The van der Waals surface area contributed by atoms with Crippen LogP contribution in [0.3, 0.4) is 0 Å². The van der Waals surface area contributed by atoms with E-state index in [0.29, 0.717) is 18.2 Å². The summed E-state index contributed by atoms with van der Waals surface area (Å²) in [5, 5.41) is 3.44. The molecule has 0 aromatic heterocycles. The monoisotopic (exact) mass is 249 g/mol. The summed E-state index contributed by atoms with van der Waals surface area (Å²) in [5.74, 6) is 2.05. The third-order valence-corrected chi connectivity index (χ3v) is 5.30. The van der Waals surface area contributed by atoms with E-state index in [4.69, 9.17) is 0 Å². The molecule has 1 aromatic rings. The van der Waals surface area contributed by atoms with Crippen molar-refractivity contribution in [2.75, 3.05) is 0 Å². The van der Waals surface area contributed by atoms with Crippen molar-refractivity contribution >= 4 is 0 Å². The van der Waals surface area contributed by atoms with E-state index in [1.54, 1.807) is 12.1 Å². The number of nitrogens with one attached hydrogen (secondary N) is 1. The zero-order chi connectivity index (χ0) is 12.3. The van der Waals surface area contributed by atoms with Gasteiger partial charge in [0.25, 0.3) is 0 Å². The van der Waals surface area contributed by atoms with Crippen LogP contribution in [0.5, 0.6) is 0 Å². The molecule has 0 heterocycles. The van der Waals surface area contributed by atoms with Crippen molar-refractivity contribution in [2.45, 2.75) is 31.8 Å². The van der Waals surface area contributed by atoms with Gasteiger partial charge in [0.1, 0.15) is 0 Å². The van der Waals surface area contributed by atoms with E-state index in [1.807, 2.05) is 0 Å². The molecule has 3 saturated carbocycles. The van der Waals surface area contributed by atoms with Gasteiger partial charge >= 0.3 is 0 Å². The van der Waals surface area contributed by atoms with Crippen LogP contribution in [0, 0.1) is 35.3 Å². The van der Waals surface area contributed by atoms with Gasteiger partial charge in [-0.05, 0) is 49.0 Å². The minimum absolute atomic E-state index is 0.451. The Kier molecular flexibility index (Phi) is 2.28. The summed E-state index contributed by atoms with van der Waals surface area (Å²) >= 11 is 0. The molecule has 2 bridgehead atoms. The molecule has 0 amide bonds. The zero-order valence-electron chi connectivity index (χ0n) is 10.2. The van der Waals surface area contributed by atoms with Crippen LogP contribution in [0.25, 0.3) is 0 Å². The fourth-order valence-corrected chi connectivity index (χ4v) is 4.51. The van der Waals surface area contributed by atoms with E-state index in [9.17, 15) is 8.78 Å². The first-order valence-corrected chi connectivity index (χ1v) is 6.92. The van der Waals surface area contributed by atoms with Gasteiger partial charge in [0.15, 0.2) is 11.6 Å². The van der Waals surface area contributed by atoms with Crippen LogP contribution in [0.1, 0.15) is 24.8 Å². The van der Waals surface area contributed by atoms with E-state index in [0.717, 1.165) is 23.7 Å². The van der Waals surface area contributed by atoms with Gasteiger partial charge in [-0.1, -0.05) is 12.1 Å². The number of hydrogen-bond acceptors (Lipinski definition) is 1. The molecule has 0 radical (unpaired) electrons. The summed E-state index contributed by atoms with van der Waals surface area (Å²) in [7, 11) is 0. The van der Waals surface area contributed by atoms with Crippen LogP contribution in [0.4, 0.5) is 8.78 Å². The molecule has 0 spiro atoms. The SMILES string of the molecule is Fc1cccc(CNC2C3C4CCC(C4)C23)c1F. The number of benzene rings is 1. The highest BCUT2D eigenvalue weighted by Gasteiger charge is 2.64. The van der Waals surface area contributed by atoms with Gasteiger partial charge in [-0.3, -0.25) is 0 Å². The Balaban J connectivity index is 1.42. The van der Waals surface area contributed by atoms with Crippen molar-refractivity contribution in [3.8, 4) is 0 Å². The fourth-order valence-electron chi connectivity index (χ4n) is 4.51. The molecule has 0 aliphatic heterocycles. The molecule has 4 rings (SSSR count). The van der Waals surface area contributed by atoms with Gasteiger partial charge in [-0.15, -0.1) is 0 Å². The average molecular weight is 249 g/mol. The molecule has 0 saturated heterocycles. The Bertz CT molecular complexity index is 471. The average Bonchev–Trinajstić information content (AvgIpc) is 2.77. The van der Waals surface area contributed by atoms with Crippen LogP contribution in [-0.4, -0.2) is 6.04 Å². The van der Waals surface area contributed by atoms with Crippen molar-refractivity contribution in [2.24, 2.45) is 23.7 Å². The zero-order valence-corrected chi connectivity index (χ0v) is 10.2. The highest BCUT2D eigenvalue weighted by molar-refractivity contribution is 5.21. The van der Waals surface area contributed by atoms with Gasteiger partial charge in [-0.2, -0.15) is 0 Å². The minimum atomic E-state index is -0.745. The Hall–Kier alpha value is -0.960. The Morgan fingerprint density at radius 3 is 2.56 bits per heavy atom. The van der Waals surface area contributed by atoms with Crippen LogP contribution in [0.2, 0.25) is 0 Å². The van der Waals surface area contributed by atoms with E-state index >= 15 is 0 Å². The molecule has 18 heavy (non-hydrogen) atoms. The second-order valence-electron chi connectivity index (χ2n) is 6.11. The van der Waals surface area contributed by atoms with Crippen molar-refractivity contribution in [1.29, 1.82) is 0 Å². The summed E-state index contributed by atoms with van der Waals surface area (Å²) in [4.78, 5) is 0. The molecule has 3 heteroatoms. The van der Waals surface area contributed by atoms with Crippen LogP contribution < -0.4 is 5.32 Å². The highest BCUT2D eigenvalue weighted by atomic mass is 19.2. The predicted molar refractivity (Wildman–Crippen MR) is 64.8 cm³/mol. The number of rotatable bonds is 3. The fraction of sp³-hybridized carbons (Fsp3) is 0.600. The van der Waals surface area contributed by atoms with E-state index in [1.165, 1.54) is 25.3 Å². The molecule has 3 aliphatic carbocycles. The Labute approximate surface area is 106 Å². The third-order valence-electron chi connectivity index (χ3n) is 5.30. The lowest BCUT2D eigenvalue weighted by molar-refractivity contribution is 0.451. The maximum absolute atomic E-state index is 13.5. The first-order chi connectivity index (χ1) is 8.75. The number of fused-ring (bicyclic) bond motifs is 5. The standard InChI is InChI=1S/C15H17F2N/c16-11-3-1-2-10(14(11)17)7-18-15-12-8-4-5-9(6-8)13(12)15/h1-3,8-9,12-13,15,18H,4-7H2. The molecule has 1 nitrogen and oxygen atoms in total. The van der Waals surface area contributed by atoms with E-state index in [2.05, 4.69) is 5.32 Å². The molecular formula is C15H17F2N. The summed E-state index contributed by atoms with van der Waals surface area (Å²) in [6.45, 7) is 0.459. The second-order valence-corrected chi connectivity index (χ2v) is 6.11. The van der Waals surface area contributed by atoms with Gasteiger partial charge < -0.3 is 5.32 Å². The molecule has 4 unspecified atom stereocenters. The summed E-state index contributed by atoms with van der Waals surface area (Å²) in [6, 6.07) is 4.98. The topological polar surface area (TPSA) is 12.0 Å². The number of hydrogen-bond donors (Lipinski definition) is 1. The van der Waals surface area contributed by atoms with Crippen molar-refractivity contribution in [1.82, 2.24) is 5.32 Å². The van der Waals surface area contributed by atoms with Crippen LogP contribution in [0.15, 0.2) is 18.2 Å². The van der Waals surface area contributed by atoms with E-state index < -0.39 is 11.6 Å².